The van der Waals surface area contributed by atoms with E-state index in [1.807, 2.05) is 0 Å². The number of carbonyl (C=O) groups is 2. The van der Waals surface area contributed by atoms with Gasteiger partial charge in [-0.05, 0) is 44.5 Å². The molecule has 0 atom stereocenters. The molecule has 1 saturated heterocycles. The van der Waals surface area contributed by atoms with Crippen molar-refractivity contribution >= 4 is 34.0 Å². The minimum atomic E-state index is -0.590. The topological polar surface area (TPSA) is 84.3 Å². The number of anilines is 2. The quantitative estimate of drug-likeness (QED) is 0.716. The first-order valence-electron chi connectivity index (χ1n) is 9.79. The Morgan fingerprint density at radius 1 is 1.13 bits per heavy atom. The summed E-state index contributed by atoms with van der Waals surface area (Å²) in [5, 5.41) is 7.72. The van der Waals surface area contributed by atoms with Crippen LogP contribution in [0.1, 0.15) is 43.2 Å². The van der Waals surface area contributed by atoms with Gasteiger partial charge in [-0.15, -0.1) is 0 Å². The van der Waals surface area contributed by atoms with E-state index in [1.165, 1.54) is 21.7 Å². The molecule has 2 amide bonds. The van der Waals surface area contributed by atoms with Gasteiger partial charge in [0.1, 0.15) is 5.82 Å². The first-order chi connectivity index (χ1) is 14.4. The Morgan fingerprint density at radius 3 is 2.50 bits per heavy atom. The average Bonchev–Trinajstić information content (AvgIpc) is 3.14. The maximum Gasteiger partial charge on any atom is 0.276 e. The SMILES string of the molecule is CC(C)n1nc(C(=O)Nc2ccc(N3CCCC3=O)c(F)c2)c2ccccc2c1=O. The second kappa shape index (κ2) is 7.70. The standard InChI is InChI=1S/C22H21FN4O3/c1-13(2)27-22(30)16-7-4-3-6-15(16)20(25-27)21(29)24-14-9-10-18(17(23)12-14)26-11-5-8-19(26)28/h3-4,6-7,9-10,12-13H,5,8,11H2,1-2H3,(H,24,29). The third-order valence-corrected chi connectivity index (χ3v) is 5.10. The summed E-state index contributed by atoms with van der Waals surface area (Å²) in [4.78, 5) is 38.8. The molecule has 3 aromatic rings. The van der Waals surface area contributed by atoms with Crippen molar-refractivity contribution in [1.82, 2.24) is 9.78 Å². The second-order valence-electron chi connectivity index (χ2n) is 7.51. The highest BCUT2D eigenvalue weighted by molar-refractivity contribution is 6.11. The van der Waals surface area contributed by atoms with Crippen LogP contribution in [0.3, 0.4) is 0 Å². The molecule has 30 heavy (non-hydrogen) atoms. The van der Waals surface area contributed by atoms with E-state index in [9.17, 15) is 18.8 Å². The number of benzene rings is 2. The average molecular weight is 408 g/mol. The Hall–Kier alpha value is -3.55. The Balaban J connectivity index is 1.68. The Kier molecular flexibility index (Phi) is 5.07. The predicted octanol–water partition coefficient (Wildman–Crippen LogP) is 3.50. The third-order valence-electron chi connectivity index (χ3n) is 5.10. The third kappa shape index (κ3) is 3.45. The summed E-state index contributed by atoms with van der Waals surface area (Å²) < 4.78 is 15.9. The molecular weight excluding hydrogens is 387 g/mol. The Bertz CT molecular complexity index is 1220. The Morgan fingerprint density at radius 2 is 1.87 bits per heavy atom. The van der Waals surface area contributed by atoms with Crippen LogP contribution in [0.5, 0.6) is 0 Å². The van der Waals surface area contributed by atoms with E-state index < -0.39 is 11.7 Å². The molecule has 0 spiro atoms. The van der Waals surface area contributed by atoms with Crippen LogP contribution in [0.15, 0.2) is 47.3 Å². The molecule has 2 aromatic carbocycles. The molecule has 0 aliphatic carbocycles. The van der Waals surface area contributed by atoms with Crippen molar-refractivity contribution in [3.63, 3.8) is 0 Å². The van der Waals surface area contributed by atoms with Crippen molar-refractivity contribution in [1.29, 1.82) is 0 Å². The number of halogens is 1. The van der Waals surface area contributed by atoms with Gasteiger partial charge in [-0.2, -0.15) is 5.10 Å². The lowest BCUT2D eigenvalue weighted by atomic mass is 10.1. The number of nitrogens with one attached hydrogen (secondary N) is 1. The summed E-state index contributed by atoms with van der Waals surface area (Å²) in [7, 11) is 0. The number of hydrogen-bond acceptors (Lipinski definition) is 4. The number of aromatic nitrogens is 2. The molecule has 4 rings (SSSR count). The number of fused-ring (bicyclic) bond motifs is 1. The fourth-order valence-corrected chi connectivity index (χ4v) is 3.62. The fraction of sp³-hybridized carbons (Fsp3) is 0.273. The van der Waals surface area contributed by atoms with Crippen LogP contribution >= 0.6 is 0 Å². The van der Waals surface area contributed by atoms with Crippen LogP contribution in [0.25, 0.3) is 10.8 Å². The summed E-state index contributed by atoms with van der Waals surface area (Å²) >= 11 is 0. The number of amides is 2. The predicted molar refractivity (Wildman–Crippen MR) is 112 cm³/mol. The van der Waals surface area contributed by atoms with Gasteiger partial charge in [-0.25, -0.2) is 9.07 Å². The van der Waals surface area contributed by atoms with Gasteiger partial charge in [0.25, 0.3) is 11.5 Å². The molecule has 0 bridgehead atoms. The largest absolute Gasteiger partial charge is 0.320 e. The molecule has 1 aliphatic rings. The van der Waals surface area contributed by atoms with Crippen LogP contribution in [0, 0.1) is 5.82 Å². The Labute approximate surface area is 172 Å². The van der Waals surface area contributed by atoms with Crippen molar-refractivity contribution in [2.24, 2.45) is 0 Å². The van der Waals surface area contributed by atoms with E-state index in [1.54, 1.807) is 44.2 Å². The molecule has 0 radical (unpaired) electrons. The molecule has 1 aromatic heterocycles. The van der Waals surface area contributed by atoms with Crippen molar-refractivity contribution in [2.75, 3.05) is 16.8 Å². The lowest BCUT2D eigenvalue weighted by Crippen LogP contribution is -2.29. The molecular formula is C22H21FN4O3. The van der Waals surface area contributed by atoms with E-state index in [-0.39, 0.29) is 34.6 Å². The molecule has 2 heterocycles. The summed E-state index contributed by atoms with van der Waals surface area (Å²) in [5.41, 5.74) is 0.245. The normalized spacial score (nSPS) is 14.0. The van der Waals surface area contributed by atoms with E-state index in [0.29, 0.717) is 30.2 Å². The van der Waals surface area contributed by atoms with Gasteiger partial charge in [0.15, 0.2) is 5.69 Å². The molecule has 0 unspecified atom stereocenters. The van der Waals surface area contributed by atoms with E-state index >= 15 is 0 Å². The van der Waals surface area contributed by atoms with Gasteiger partial charge in [0.05, 0.1) is 17.1 Å². The highest BCUT2D eigenvalue weighted by Gasteiger charge is 2.24. The first kappa shape index (κ1) is 19.8. The number of carbonyl (C=O) groups excluding carboxylic acids is 2. The van der Waals surface area contributed by atoms with Gasteiger partial charge in [0, 0.05) is 24.0 Å². The van der Waals surface area contributed by atoms with Gasteiger partial charge in [-0.1, -0.05) is 18.2 Å². The van der Waals surface area contributed by atoms with Gasteiger partial charge >= 0.3 is 0 Å². The van der Waals surface area contributed by atoms with E-state index in [2.05, 4.69) is 10.4 Å². The first-order valence-corrected chi connectivity index (χ1v) is 9.79. The molecule has 1 N–H and O–H groups in total. The number of nitrogens with zero attached hydrogens (tertiary/aromatic N) is 3. The van der Waals surface area contributed by atoms with Crippen LogP contribution in [0.4, 0.5) is 15.8 Å². The van der Waals surface area contributed by atoms with Crippen LogP contribution in [-0.4, -0.2) is 28.1 Å². The van der Waals surface area contributed by atoms with Gasteiger partial charge in [-0.3, -0.25) is 14.4 Å². The van der Waals surface area contributed by atoms with Crippen LogP contribution < -0.4 is 15.8 Å². The highest BCUT2D eigenvalue weighted by Crippen LogP contribution is 2.27. The van der Waals surface area contributed by atoms with Gasteiger partial charge < -0.3 is 10.2 Å². The molecule has 0 saturated carbocycles. The lowest BCUT2D eigenvalue weighted by Gasteiger charge is -2.17. The summed E-state index contributed by atoms with van der Waals surface area (Å²) in [5.74, 6) is -1.25. The van der Waals surface area contributed by atoms with Crippen molar-refractivity contribution in [2.45, 2.75) is 32.7 Å². The minimum Gasteiger partial charge on any atom is -0.320 e. The molecule has 154 valence electrons. The zero-order valence-electron chi connectivity index (χ0n) is 16.7. The molecule has 7 nitrogen and oxygen atoms in total. The van der Waals surface area contributed by atoms with Crippen LogP contribution in [-0.2, 0) is 4.79 Å². The summed E-state index contributed by atoms with van der Waals surface area (Å²) in [6.45, 7) is 4.09. The number of rotatable bonds is 4. The zero-order chi connectivity index (χ0) is 21.4. The van der Waals surface area contributed by atoms with Gasteiger partial charge in [0.2, 0.25) is 5.91 Å². The maximum atomic E-state index is 14.6. The zero-order valence-corrected chi connectivity index (χ0v) is 16.7. The molecule has 8 heteroatoms. The van der Waals surface area contributed by atoms with Crippen LogP contribution in [0.2, 0.25) is 0 Å². The molecule has 1 aliphatic heterocycles. The fourth-order valence-electron chi connectivity index (χ4n) is 3.62. The smallest absolute Gasteiger partial charge is 0.276 e. The second-order valence-corrected chi connectivity index (χ2v) is 7.51. The van der Waals surface area contributed by atoms with E-state index in [0.717, 1.165) is 0 Å². The molecule has 1 fully saturated rings. The minimum absolute atomic E-state index is 0.0816. The monoisotopic (exact) mass is 408 g/mol. The lowest BCUT2D eigenvalue weighted by molar-refractivity contribution is -0.117. The van der Waals surface area contributed by atoms with Crippen molar-refractivity contribution < 1.29 is 14.0 Å². The maximum absolute atomic E-state index is 14.6. The summed E-state index contributed by atoms with van der Waals surface area (Å²) in [6, 6.07) is 10.7. The highest BCUT2D eigenvalue weighted by atomic mass is 19.1. The summed E-state index contributed by atoms with van der Waals surface area (Å²) in [6.07, 6.45) is 1.10. The van der Waals surface area contributed by atoms with E-state index in [4.69, 9.17) is 0 Å². The number of hydrogen-bond donors (Lipinski definition) is 1. The van der Waals surface area contributed by atoms with Crippen molar-refractivity contribution in [3.05, 3.63) is 64.3 Å². The van der Waals surface area contributed by atoms with Crippen molar-refractivity contribution in [3.8, 4) is 0 Å².